The topological polar surface area (TPSA) is 93.9 Å². The molecule has 1 saturated carbocycles. The maximum Gasteiger partial charge on any atom is 0.330 e. The van der Waals surface area contributed by atoms with Crippen molar-refractivity contribution in [2.75, 3.05) is 25.5 Å². The molecule has 2 aromatic carbocycles. The molecule has 0 unspecified atom stereocenters. The van der Waals surface area contributed by atoms with Gasteiger partial charge < -0.3 is 19.2 Å². The summed E-state index contributed by atoms with van der Waals surface area (Å²) >= 11 is 0. The first kappa shape index (κ1) is 26.3. The first-order valence-electron chi connectivity index (χ1n) is 13.3. The van der Waals surface area contributed by atoms with Gasteiger partial charge in [0.15, 0.2) is 5.58 Å². The predicted molar refractivity (Wildman–Crippen MR) is 141 cm³/mol. The number of aryl methyl sites for hydroxylation is 1. The van der Waals surface area contributed by atoms with Crippen molar-refractivity contribution in [3.63, 3.8) is 0 Å². The molecule has 1 aliphatic carbocycles. The lowest BCUT2D eigenvalue weighted by molar-refractivity contribution is -0.258. The van der Waals surface area contributed by atoms with Gasteiger partial charge in [-0.15, -0.1) is 0 Å². The summed E-state index contributed by atoms with van der Waals surface area (Å²) in [6, 6.07) is 13.4. The molecule has 202 valence electrons. The molecule has 1 N–H and O–H groups in total. The van der Waals surface area contributed by atoms with E-state index in [-0.39, 0.29) is 6.42 Å². The van der Waals surface area contributed by atoms with E-state index in [1.807, 2.05) is 31.2 Å². The summed E-state index contributed by atoms with van der Waals surface area (Å²) in [6.07, 6.45) is 3.40. The van der Waals surface area contributed by atoms with Crippen molar-refractivity contribution >= 4 is 34.6 Å². The Labute approximate surface area is 221 Å². The van der Waals surface area contributed by atoms with Gasteiger partial charge in [0.2, 0.25) is 5.78 Å². The molecule has 9 heteroatoms. The van der Waals surface area contributed by atoms with Crippen LogP contribution in [0.3, 0.4) is 0 Å². The first-order chi connectivity index (χ1) is 18.4. The van der Waals surface area contributed by atoms with Crippen molar-refractivity contribution in [3.8, 4) is 0 Å². The molecular weight excluding hydrogens is 489 g/mol. The van der Waals surface area contributed by atoms with Crippen LogP contribution in [-0.4, -0.2) is 53.9 Å². The van der Waals surface area contributed by atoms with Gasteiger partial charge >= 0.3 is 11.9 Å². The maximum absolute atomic E-state index is 16.7. The Morgan fingerprint density at radius 2 is 1.89 bits per heavy atom. The van der Waals surface area contributed by atoms with Gasteiger partial charge in [-0.2, -0.15) is 9.37 Å². The van der Waals surface area contributed by atoms with E-state index in [4.69, 9.17) is 13.9 Å². The molecule has 3 aromatic rings. The number of esters is 1. The number of hydrogen-bond acceptors (Lipinski definition) is 8. The molecule has 1 aromatic heterocycles. The normalized spacial score (nSPS) is 21.8. The zero-order chi connectivity index (χ0) is 26.7. The van der Waals surface area contributed by atoms with Crippen LogP contribution in [0.25, 0.3) is 11.1 Å². The molecule has 0 bridgehead atoms. The number of ether oxygens (including phenoxy) is 2. The largest absolute Gasteiger partial charge is 0.469 e. The van der Waals surface area contributed by atoms with Gasteiger partial charge in [-0.05, 0) is 61.9 Å². The summed E-state index contributed by atoms with van der Waals surface area (Å²) in [7, 11) is 1.32. The van der Waals surface area contributed by atoms with Crippen LogP contribution in [0.1, 0.15) is 49.7 Å². The maximum atomic E-state index is 16.7. The predicted octanol–water partition coefficient (Wildman–Crippen LogP) is 5.46. The van der Waals surface area contributed by atoms with Crippen LogP contribution in [0.4, 0.5) is 16.1 Å². The number of hydrogen-bond donors (Lipinski definition) is 1. The van der Waals surface area contributed by atoms with Crippen LogP contribution >= 0.6 is 0 Å². The molecule has 0 amide bonds. The molecule has 2 aliphatic rings. The lowest BCUT2D eigenvalue weighted by Crippen LogP contribution is -2.56. The Kier molecular flexibility index (Phi) is 7.76. The van der Waals surface area contributed by atoms with Gasteiger partial charge in [0.1, 0.15) is 5.52 Å². The third-order valence-electron chi connectivity index (χ3n) is 7.57. The molecule has 3 atom stereocenters. The molecule has 0 radical (unpaired) electrons. The number of aromatic nitrogens is 1. The van der Waals surface area contributed by atoms with Gasteiger partial charge in [0.25, 0.3) is 6.01 Å². The summed E-state index contributed by atoms with van der Waals surface area (Å²) in [5.74, 6) is -4.30. The number of oxazole rings is 1. The molecule has 2 heterocycles. The van der Waals surface area contributed by atoms with Crippen molar-refractivity contribution in [1.29, 1.82) is 0 Å². The number of anilines is 2. The van der Waals surface area contributed by atoms with Gasteiger partial charge in [0, 0.05) is 25.2 Å². The Morgan fingerprint density at radius 1 is 1.13 bits per heavy atom. The van der Waals surface area contributed by atoms with Gasteiger partial charge in [-0.25, -0.2) is 4.90 Å². The van der Waals surface area contributed by atoms with Gasteiger partial charge in [0.05, 0.1) is 19.1 Å². The van der Waals surface area contributed by atoms with Crippen molar-refractivity contribution in [3.05, 3.63) is 53.6 Å². The van der Waals surface area contributed by atoms with Crippen LogP contribution in [0.15, 0.2) is 46.9 Å². The third-order valence-corrected chi connectivity index (χ3v) is 7.57. The number of nitrogens with one attached hydrogen (secondary N) is 1. The fourth-order valence-electron chi connectivity index (χ4n) is 5.44. The highest BCUT2D eigenvalue weighted by Crippen LogP contribution is 2.36. The van der Waals surface area contributed by atoms with E-state index in [1.54, 1.807) is 18.2 Å². The minimum Gasteiger partial charge on any atom is -0.469 e. The number of Topliss-reactive ketones (excluding diaryl/α,β-unsaturated/α-hetero) is 1. The first-order valence-corrected chi connectivity index (χ1v) is 13.3. The third kappa shape index (κ3) is 5.44. The van der Waals surface area contributed by atoms with Gasteiger partial charge in [-0.1, -0.05) is 37.1 Å². The molecule has 2 fully saturated rings. The van der Waals surface area contributed by atoms with E-state index in [0.29, 0.717) is 48.6 Å². The van der Waals surface area contributed by atoms with E-state index in [0.717, 1.165) is 36.9 Å². The number of para-hydroxylation sites is 1. The number of nitrogens with zero attached hydrogens (tertiary/aromatic N) is 2. The summed E-state index contributed by atoms with van der Waals surface area (Å²) in [5.41, 5.74) is 3.65. The minimum absolute atomic E-state index is 0.181. The summed E-state index contributed by atoms with van der Waals surface area (Å²) in [6.45, 7) is 2.83. The van der Waals surface area contributed by atoms with E-state index in [9.17, 15) is 9.59 Å². The molecule has 38 heavy (non-hydrogen) atoms. The summed E-state index contributed by atoms with van der Waals surface area (Å²) in [5, 5.41) is 3.18. The fraction of sp³-hybridized carbons (Fsp3) is 0.483. The smallest absolute Gasteiger partial charge is 0.330 e. The molecule has 1 aliphatic heterocycles. The number of fused-ring (bicyclic) bond motifs is 1. The Hall–Kier alpha value is -3.30. The second-order valence-corrected chi connectivity index (χ2v) is 10.2. The second kappa shape index (κ2) is 11.2. The van der Waals surface area contributed by atoms with Crippen molar-refractivity contribution in [2.24, 2.45) is 5.92 Å². The van der Waals surface area contributed by atoms with E-state index >= 15 is 4.39 Å². The molecule has 5 rings (SSSR count). The summed E-state index contributed by atoms with van der Waals surface area (Å²) < 4.78 is 33.5. The van der Waals surface area contributed by atoms with Crippen molar-refractivity contribution in [2.45, 2.75) is 64.0 Å². The number of likely N-dealkylation sites (tertiary alicyclic amines) is 1. The van der Waals surface area contributed by atoms with Crippen LogP contribution in [-0.2, 0) is 25.5 Å². The molecular formula is C29H34FN3O5. The van der Waals surface area contributed by atoms with E-state index in [1.165, 1.54) is 12.0 Å². The highest BCUT2D eigenvalue weighted by molar-refractivity contribution is 5.88. The molecule has 1 saturated heterocycles. The molecule has 0 spiro atoms. The van der Waals surface area contributed by atoms with E-state index < -0.39 is 29.8 Å². The van der Waals surface area contributed by atoms with Crippen LogP contribution < -0.4 is 5.32 Å². The number of alkyl halides is 1. The SMILES string of the molecule is COC(=O)[C@H]1CCCC[C@@H]1O[C@](F)(C(=O)Cc1ccc2nc(Nc3ccccc3C)oc2c1)N1CCCC1. The quantitative estimate of drug-likeness (QED) is 0.292. The summed E-state index contributed by atoms with van der Waals surface area (Å²) in [4.78, 5) is 31.9. The minimum atomic E-state index is -2.61. The highest BCUT2D eigenvalue weighted by atomic mass is 19.2. The van der Waals surface area contributed by atoms with E-state index in [2.05, 4.69) is 10.3 Å². The Morgan fingerprint density at radius 3 is 2.66 bits per heavy atom. The van der Waals surface area contributed by atoms with Crippen molar-refractivity contribution < 1.29 is 27.9 Å². The number of carbonyl (C=O) groups excluding carboxylic acids is 2. The highest BCUT2D eigenvalue weighted by Gasteiger charge is 2.50. The lowest BCUT2D eigenvalue weighted by atomic mass is 9.86. The zero-order valence-electron chi connectivity index (χ0n) is 21.9. The number of ketones is 1. The van der Waals surface area contributed by atoms with Crippen molar-refractivity contribution in [1.82, 2.24) is 9.88 Å². The Bertz CT molecular complexity index is 1300. The standard InChI is InChI=1S/C29H34FN3O5/c1-19-9-3-5-11-22(19)31-28-32-23-14-13-20(17-25(23)37-28)18-26(34)29(30,33-15-7-8-16-33)38-24-12-6-4-10-21(24)27(35)36-2/h3,5,9,11,13-14,17,21,24H,4,6-8,10,12,15-16,18H2,1-2H3,(H,31,32)/t21-,24-,29-/m0/s1. The lowest BCUT2D eigenvalue weighted by Gasteiger charge is -2.39. The van der Waals surface area contributed by atoms with Crippen LogP contribution in [0.2, 0.25) is 0 Å². The monoisotopic (exact) mass is 523 g/mol. The second-order valence-electron chi connectivity index (χ2n) is 10.2. The van der Waals surface area contributed by atoms with Crippen LogP contribution in [0, 0.1) is 12.8 Å². The number of rotatable bonds is 9. The average Bonchev–Trinajstić information content (AvgIpc) is 3.60. The number of halogens is 1. The Balaban J connectivity index is 1.35. The zero-order valence-corrected chi connectivity index (χ0v) is 21.9. The average molecular weight is 524 g/mol. The number of methoxy groups -OCH3 is 1. The fourth-order valence-corrected chi connectivity index (χ4v) is 5.44. The van der Waals surface area contributed by atoms with Crippen LogP contribution in [0.5, 0.6) is 0 Å². The number of carbonyl (C=O) groups is 2. The van der Waals surface area contributed by atoms with Gasteiger partial charge in [-0.3, -0.25) is 9.59 Å². The molecule has 8 nitrogen and oxygen atoms in total. The number of benzene rings is 2.